The van der Waals surface area contributed by atoms with Gasteiger partial charge >= 0.3 is 0 Å². The quantitative estimate of drug-likeness (QED) is 0.716. The van der Waals surface area contributed by atoms with Crippen LogP contribution in [0.3, 0.4) is 0 Å². The molecule has 0 fully saturated rings. The lowest BCUT2D eigenvalue weighted by Crippen LogP contribution is -2.24. The largest absolute Gasteiger partial charge is 0.545 e. The molecular formula is C16H11BrNO2S-. The van der Waals surface area contributed by atoms with Gasteiger partial charge in [-0.25, -0.2) is 4.98 Å². The average Bonchev–Trinajstić information content (AvgIpc) is 2.98. The first kappa shape index (κ1) is 14.2. The number of carbonyl (C=O) groups excluding carboxylic acids is 1. The van der Waals surface area contributed by atoms with Crippen LogP contribution in [0.1, 0.15) is 22.8 Å². The number of aromatic nitrogens is 1. The van der Waals surface area contributed by atoms with Gasteiger partial charge in [0.1, 0.15) is 0 Å². The summed E-state index contributed by atoms with van der Waals surface area (Å²) in [4.78, 5) is 17.3. The van der Waals surface area contributed by atoms with E-state index in [4.69, 9.17) is 0 Å². The Bertz CT molecular complexity index is 828. The fourth-order valence-electron chi connectivity index (χ4n) is 2.47. The molecule has 0 amide bonds. The van der Waals surface area contributed by atoms with Gasteiger partial charge in [-0.3, -0.25) is 0 Å². The molecule has 3 nitrogen and oxygen atoms in total. The smallest absolute Gasteiger partial charge is 0.0847 e. The molecule has 0 saturated heterocycles. The molecule has 0 aliphatic rings. The molecule has 21 heavy (non-hydrogen) atoms. The lowest BCUT2D eigenvalue weighted by Gasteiger charge is -2.16. The van der Waals surface area contributed by atoms with E-state index < -0.39 is 5.97 Å². The minimum Gasteiger partial charge on any atom is -0.545 e. The van der Waals surface area contributed by atoms with E-state index in [9.17, 15) is 9.90 Å². The first-order chi connectivity index (χ1) is 10.1. The van der Waals surface area contributed by atoms with Crippen LogP contribution >= 0.6 is 27.3 Å². The highest BCUT2D eigenvalue weighted by atomic mass is 79.9. The number of carboxylic acids is 1. The lowest BCUT2D eigenvalue weighted by molar-refractivity contribution is -0.254. The van der Waals surface area contributed by atoms with E-state index in [1.165, 1.54) is 0 Å². The Hall–Kier alpha value is -1.72. The van der Waals surface area contributed by atoms with Crippen molar-refractivity contribution >= 4 is 44.1 Å². The molecule has 106 valence electrons. The highest BCUT2D eigenvalue weighted by Crippen LogP contribution is 2.33. The zero-order chi connectivity index (χ0) is 15.0. The maximum absolute atomic E-state index is 11.7. The van der Waals surface area contributed by atoms with Gasteiger partial charge in [-0.1, -0.05) is 28.9 Å². The van der Waals surface area contributed by atoms with Crippen molar-refractivity contribution in [3.05, 3.63) is 51.3 Å². The Balaban J connectivity index is 2.45. The Morgan fingerprint density at radius 1 is 1.38 bits per heavy atom. The second kappa shape index (κ2) is 5.58. The van der Waals surface area contributed by atoms with Crippen LogP contribution < -0.4 is 5.11 Å². The minimum atomic E-state index is -1.16. The molecule has 0 aliphatic heterocycles. The van der Waals surface area contributed by atoms with Gasteiger partial charge in [0.05, 0.1) is 22.1 Å². The monoisotopic (exact) mass is 360 g/mol. The summed E-state index contributed by atoms with van der Waals surface area (Å²) in [5, 5.41) is 14.2. The third-order valence-electron chi connectivity index (χ3n) is 3.36. The van der Waals surface area contributed by atoms with Crippen molar-refractivity contribution in [1.29, 1.82) is 0 Å². The second-order valence-corrected chi connectivity index (χ2v) is 6.46. The molecule has 0 saturated carbocycles. The zero-order valence-corrected chi connectivity index (χ0v) is 13.6. The van der Waals surface area contributed by atoms with Gasteiger partial charge in [0.25, 0.3) is 0 Å². The molecule has 0 bridgehead atoms. The summed E-state index contributed by atoms with van der Waals surface area (Å²) in [7, 11) is 0. The van der Waals surface area contributed by atoms with Crippen LogP contribution in [0.15, 0.2) is 40.2 Å². The van der Waals surface area contributed by atoms with E-state index >= 15 is 0 Å². The number of carbonyl (C=O) groups is 1. The number of hydrogen-bond donors (Lipinski definition) is 0. The molecular weight excluding hydrogens is 350 g/mol. The average molecular weight is 361 g/mol. The van der Waals surface area contributed by atoms with Gasteiger partial charge in [-0.05, 0) is 41.6 Å². The number of rotatable bonds is 3. The zero-order valence-electron chi connectivity index (χ0n) is 11.2. The molecule has 0 atom stereocenters. The molecule has 0 spiro atoms. The van der Waals surface area contributed by atoms with Crippen molar-refractivity contribution in [2.45, 2.75) is 13.3 Å². The van der Waals surface area contributed by atoms with Crippen molar-refractivity contribution in [2.75, 3.05) is 0 Å². The van der Waals surface area contributed by atoms with Crippen LogP contribution in [-0.4, -0.2) is 11.0 Å². The highest BCUT2D eigenvalue weighted by Gasteiger charge is 2.16. The van der Waals surface area contributed by atoms with Crippen molar-refractivity contribution in [3.63, 3.8) is 0 Å². The molecule has 2 heterocycles. The predicted molar refractivity (Wildman–Crippen MR) is 86.5 cm³/mol. The van der Waals surface area contributed by atoms with Gasteiger partial charge < -0.3 is 9.90 Å². The van der Waals surface area contributed by atoms with Gasteiger partial charge in [0, 0.05) is 15.4 Å². The van der Waals surface area contributed by atoms with Crippen LogP contribution in [0, 0.1) is 0 Å². The summed E-state index contributed by atoms with van der Waals surface area (Å²) in [5.74, 6) is -1.16. The Morgan fingerprint density at radius 2 is 2.19 bits per heavy atom. The highest BCUT2D eigenvalue weighted by molar-refractivity contribution is 9.10. The second-order valence-electron chi connectivity index (χ2n) is 4.59. The number of pyridine rings is 1. The molecule has 0 N–H and O–H groups in total. The Labute approximate surface area is 134 Å². The molecule has 0 unspecified atom stereocenters. The molecule has 2 aromatic heterocycles. The topological polar surface area (TPSA) is 53.0 Å². The Kier molecular flexibility index (Phi) is 3.78. The fourth-order valence-corrected chi connectivity index (χ4v) is 3.57. The number of nitrogens with zero attached hydrogens (tertiary/aromatic N) is 1. The summed E-state index contributed by atoms with van der Waals surface area (Å²) in [6, 6.07) is 9.35. The molecule has 0 aliphatic carbocycles. The number of halogens is 1. The minimum absolute atomic E-state index is 0.243. The van der Waals surface area contributed by atoms with Crippen molar-refractivity contribution in [3.8, 4) is 10.6 Å². The third kappa shape index (κ3) is 2.47. The van der Waals surface area contributed by atoms with E-state index in [0.29, 0.717) is 17.3 Å². The van der Waals surface area contributed by atoms with Crippen molar-refractivity contribution in [1.82, 2.24) is 4.98 Å². The number of aromatic carboxylic acids is 1. The van der Waals surface area contributed by atoms with Crippen LogP contribution in [0.5, 0.6) is 0 Å². The number of fused-ring (bicyclic) bond motifs is 1. The molecule has 1 aromatic carbocycles. The lowest BCUT2D eigenvalue weighted by atomic mass is 9.98. The number of benzene rings is 1. The summed E-state index contributed by atoms with van der Waals surface area (Å²) >= 11 is 4.93. The molecule has 5 heteroatoms. The summed E-state index contributed by atoms with van der Waals surface area (Å²) in [5.41, 5.74) is 2.37. The van der Waals surface area contributed by atoms with E-state index in [-0.39, 0.29) is 5.56 Å². The normalized spacial score (nSPS) is 11.0. The SMILES string of the molecule is CCc1c(-c2cccs2)nc2ccc(Br)cc2c1C(=O)[O-]. The van der Waals surface area contributed by atoms with Crippen molar-refractivity contribution in [2.24, 2.45) is 0 Å². The van der Waals surface area contributed by atoms with E-state index in [2.05, 4.69) is 20.9 Å². The maximum Gasteiger partial charge on any atom is 0.0847 e. The van der Waals surface area contributed by atoms with E-state index in [0.717, 1.165) is 20.6 Å². The van der Waals surface area contributed by atoms with Gasteiger partial charge in [0.15, 0.2) is 0 Å². The predicted octanol–water partition coefficient (Wildman–Crippen LogP) is 3.65. The molecule has 3 aromatic rings. The van der Waals surface area contributed by atoms with Gasteiger partial charge in [-0.15, -0.1) is 11.3 Å². The third-order valence-corrected chi connectivity index (χ3v) is 4.73. The summed E-state index contributed by atoms with van der Waals surface area (Å²) in [6.07, 6.45) is 0.589. The van der Waals surface area contributed by atoms with Crippen LogP contribution in [0.2, 0.25) is 0 Å². The first-order valence-electron chi connectivity index (χ1n) is 6.49. The number of hydrogen-bond acceptors (Lipinski definition) is 4. The maximum atomic E-state index is 11.7. The summed E-state index contributed by atoms with van der Waals surface area (Å²) < 4.78 is 0.824. The van der Waals surface area contributed by atoms with E-state index in [1.807, 2.05) is 36.6 Å². The standard InChI is InChI=1S/C16H12BrNO2S/c1-2-10-14(16(19)20)11-8-9(17)5-6-12(11)18-15(10)13-4-3-7-21-13/h3-8H,2H2,1H3,(H,19,20)/p-1. The van der Waals surface area contributed by atoms with Gasteiger partial charge in [-0.2, -0.15) is 0 Å². The van der Waals surface area contributed by atoms with Crippen LogP contribution in [-0.2, 0) is 6.42 Å². The van der Waals surface area contributed by atoms with Crippen LogP contribution in [0.25, 0.3) is 21.5 Å². The summed E-state index contributed by atoms with van der Waals surface area (Å²) in [6.45, 7) is 1.93. The van der Waals surface area contributed by atoms with E-state index in [1.54, 1.807) is 17.4 Å². The first-order valence-corrected chi connectivity index (χ1v) is 8.16. The molecule has 3 rings (SSSR count). The fraction of sp³-hybridized carbons (Fsp3) is 0.125. The van der Waals surface area contributed by atoms with Crippen molar-refractivity contribution < 1.29 is 9.90 Å². The Morgan fingerprint density at radius 3 is 2.81 bits per heavy atom. The molecule has 0 radical (unpaired) electrons. The number of thiophene rings is 1. The van der Waals surface area contributed by atoms with Gasteiger partial charge in [0.2, 0.25) is 0 Å². The van der Waals surface area contributed by atoms with Crippen LogP contribution in [0.4, 0.5) is 0 Å². The number of carboxylic acid groups (broad SMARTS) is 1.